The fourth-order valence-corrected chi connectivity index (χ4v) is 13.1. The normalized spacial score (nSPS) is 19.7. The largest absolute Gasteiger partial charge is 0.310 e. The Morgan fingerprint density at radius 2 is 0.750 bits per heavy atom. The van der Waals surface area contributed by atoms with Crippen molar-refractivity contribution in [3.63, 3.8) is 0 Å². The summed E-state index contributed by atoms with van der Waals surface area (Å²) in [5.41, 5.74) is 18.1. The lowest BCUT2D eigenvalue weighted by atomic mass is 9.63. The smallest absolute Gasteiger partial charge is 0.0640 e. The van der Waals surface area contributed by atoms with E-state index >= 15 is 0 Å². The molecular formula is C61H70N2S. The second kappa shape index (κ2) is 14.6. The zero-order valence-corrected chi connectivity index (χ0v) is 41.8. The van der Waals surface area contributed by atoms with Crippen LogP contribution in [0.5, 0.6) is 0 Å². The lowest BCUT2D eigenvalue weighted by Crippen LogP contribution is -2.34. The molecule has 0 fully saturated rings. The number of nitrogens with zero attached hydrogens (tertiary/aromatic N) is 2. The van der Waals surface area contributed by atoms with Crippen LogP contribution < -0.4 is 9.80 Å². The van der Waals surface area contributed by atoms with Crippen LogP contribution in [0.1, 0.15) is 161 Å². The predicted molar refractivity (Wildman–Crippen MR) is 279 cm³/mol. The number of aryl methyl sites for hydroxylation is 1. The van der Waals surface area contributed by atoms with Gasteiger partial charge in [0.2, 0.25) is 0 Å². The van der Waals surface area contributed by atoms with Crippen LogP contribution in [-0.2, 0) is 32.5 Å². The van der Waals surface area contributed by atoms with E-state index in [9.17, 15) is 0 Å². The molecule has 2 nitrogen and oxygen atoms in total. The van der Waals surface area contributed by atoms with Crippen LogP contribution in [0.3, 0.4) is 0 Å². The molecule has 0 bridgehead atoms. The molecule has 0 unspecified atom stereocenters. The molecule has 330 valence electrons. The highest BCUT2D eigenvalue weighted by atomic mass is 32.1. The van der Waals surface area contributed by atoms with Crippen molar-refractivity contribution < 1.29 is 0 Å². The minimum absolute atomic E-state index is 0.0777. The number of hydrogen-bond acceptors (Lipinski definition) is 3. The summed E-state index contributed by atoms with van der Waals surface area (Å²) in [6, 6.07) is 45.5. The standard InChI is InChI=1S/C61H70N2S/c1-39-33-43(62(40-21-24-47-50(36-40)59(8,9)30-27-56(47,2)3)41-22-25-48-51(37-41)60(10,11)31-28-57(48,4)5)35-44(34-39)63(42-23-26-49-52(38-42)61(12,13)32-29-58(49,6)7)53-19-16-18-46-45-17-14-15-20-54(45)64-55(46)53/h14-26,33-38H,27-32H2,1-13H3. The van der Waals surface area contributed by atoms with E-state index in [-0.39, 0.29) is 32.5 Å². The molecule has 0 saturated carbocycles. The first-order valence-electron chi connectivity index (χ1n) is 24.1. The summed E-state index contributed by atoms with van der Waals surface area (Å²) in [6.45, 7) is 31.6. The molecule has 10 rings (SSSR count). The van der Waals surface area contributed by atoms with Crippen LogP contribution in [0.15, 0.2) is 115 Å². The molecule has 1 heterocycles. The molecule has 64 heavy (non-hydrogen) atoms. The summed E-state index contributed by atoms with van der Waals surface area (Å²) in [5, 5.41) is 2.64. The Morgan fingerprint density at radius 3 is 1.22 bits per heavy atom. The van der Waals surface area contributed by atoms with Crippen LogP contribution in [0.25, 0.3) is 20.2 Å². The maximum atomic E-state index is 2.59. The molecule has 7 aromatic rings. The third-order valence-electron chi connectivity index (χ3n) is 16.5. The first-order chi connectivity index (χ1) is 30.1. The zero-order chi connectivity index (χ0) is 45.4. The molecule has 0 radical (unpaired) electrons. The topological polar surface area (TPSA) is 6.48 Å². The molecule has 0 amide bonds. The first kappa shape index (κ1) is 43.1. The van der Waals surface area contributed by atoms with Gasteiger partial charge in [0.25, 0.3) is 0 Å². The Labute approximate surface area is 388 Å². The summed E-state index contributed by atoms with van der Waals surface area (Å²) in [4.78, 5) is 5.17. The third kappa shape index (κ3) is 7.02. The molecule has 3 aliphatic carbocycles. The molecule has 3 aliphatic rings. The minimum Gasteiger partial charge on any atom is -0.310 e. The van der Waals surface area contributed by atoms with Crippen molar-refractivity contribution in [1.82, 2.24) is 0 Å². The number of hydrogen-bond donors (Lipinski definition) is 0. The summed E-state index contributed by atoms with van der Waals surface area (Å²) in [5.74, 6) is 0. The number of fused-ring (bicyclic) bond motifs is 6. The van der Waals surface area contributed by atoms with E-state index in [0.717, 1.165) is 0 Å². The molecule has 3 heteroatoms. The highest BCUT2D eigenvalue weighted by Gasteiger charge is 2.41. The van der Waals surface area contributed by atoms with Crippen molar-refractivity contribution in [3.05, 3.63) is 154 Å². The molecule has 0 aliphatic heterocycles. The highest BCUT2D eigenvalue weighted by molar-refractivity contribution is 7.26. The molecule has 6 aromatic carbocycles. The van der Waals surface area contributed by atoms with Gasteiger partial charge in [0.1, 0.15) is 0 Å². The second-order valence-electron chi connectivity index (χ2n) is 23.9. The van der Waals surface area contributed by atoms with Gasteiger partial charge in [-0.15, -0.1) is 11.3 Å². The molecule has 0 atom stereocenters. The Hall–Kier alpha value is -4.86. The SMILES string of the molecule is Cc1cc(N(c2ccc3c(c2)C(C)(C)CCC3(C)C)c2ccc3c(c2)C(C)(C)CCC3(C)C)cc(N(c2ccc3c(c2)C(C)(C)CCC3(C)C)c2cccc3c2sc2ccccc23)c1. The van der Waals surface area contributed by atoms with E-state index in [1.165, 1.54) is 132 Å². The van der Waals surface area contributed by atoms with E-state index in [1.54, 1.807) is 0 Å². The quantitative estimate of drug-likeness (QED) is 0.164. The van der Waals surface area contributed by atoms with E-state index in [4.69, 9.17) is 0 Å². The first-order valence-corrected chi connectivity index (χ1v) is 25.0. The van der Waals surface area contributed by atoms with Gasteiger partial charge in [-0.05, 0) is 184 Å². The van der Waals surface area contributed by atoms with Gasteiger partial charge < -0.3 is 9.80 Å². The van der Waals surface area contributed by atoms with Gasteiger partial charge in [0.05, 0.1) is 10.4 Å². The Kier molecular flexibility index (Phi) is 9.80. The van der Waals surface area contributed by atoms with Crippen LogP contribution in [0.4, 0.5) is 34.1 Å². The average Bonchev–Trinajstić information content (AvgIpc) is 3.63. The molecular weight excluding hydrogens is 793 g/mol. The number of rotatable bonds is 6. The molecule has 0 spiro atoms. The summed E-state index contributed by atoms with van der Waals surface area (Å²) >= 11 is 1.92. The number of anilines is 6. The number of thiophene rings is 1. The van der Waals surface area contributed by atoms with Gasteiger partial charge in [-0.2, -0.15) is 0 Å². The van der Waals surface area contributed by atoms with Crippen molar-refractivity contribution in [2.24, 2.45) is 0 Å². The molecule has 1 aromatic heterocycles. The van der Waals surface area contributed by atoms with Crippen molar-refractivity contribution in [2.75, 3.05) is 9.80 Å². The van der Waals surface area contributed by atoms with Gasteiger partial charge in [0.15, 0.2) is 0 Å². The Bertz CT molecular complexity index is 2910. The third-order valence-corrected chi connectivity index (χ3v) is 17.7. The van der Waals surface area contributed by atoms with E-state index < -0.39 is 0 Å². The number of benzene rings is 6. The van der Waals surface area contributed by atoms with Crippen molar-refractivity contribution >= 4 is 65.6 Å². The van der Waals surface area contributed by atoms with Crippen LogP contribution in [-0.4, -0.2) is 0 Å². The lowest BCUT2D eigenvalue weighted by Gasteiger charge is -2.43. The van der Waals surface area contributed by atoms with Gasteiger partial charge in [-0.1, -0.05) is 132 Å². The van der Waals surface area contributed by atoms with Gasteiger partial charge in [0, 0.05) is 43.9 Å². The van der Waals surface area contributed by atoms with E-state index in [2.05, 4.69) is 215 Å². The van der Waals surface area contributed by atoms with Gasteiger partial charge in [-0.3, -0.25) is 0 Å². The van der Waals surface area contributed by atoms with Crippen LogP contribution in [0.2, 0.25) is 0 Å². The fraction of sp³-hybridized carbons (Fsp3) is 0.410. The lowest BCUT2D eigenvalue weighted by molar-refractivity contribution is 0.332. The van der Waals surface area contributed by atoms with Gasteiger partial charge in [-0.25, -0.2) is 0 Å². The highest BCUT2D eigenvalue weighted by Crippen LogP contribution is 2.54. The maximum absolute atomic E-state index is 2.59. The van der Waals surface area contributed by atoms with E-state index in [1.807, 2.05) is 11.3 Å². The summed E-state index contributed by atoms with van der Waals surface area (Å²) < 4.78 is 2.64. The van der Waals surface area contributed by atoms with Crippen LogP contribution in [0, 0.1) is 6.92 Å². The van der Waals surface area contributed by atoms with E-state index in [0.29, 0.717) is 0 Å². The Balaban J connectivity index is 1.24. The predicted octanol–water partition coefficient (Wildman–Crippen LogP) is 18.3. The van der Waals surface area contributed by atoms with Crippen LogP contribution >= 0.6 is 11.3 Å². The van der Waals surface area contributed by atoms with Crippen molar-refractivity contribution in [2.45, 2.75) is 161 Å². The fourth-order valence-electron chi connectivity index (χ4n) is 11.9. The minimum atomic E-state index is 0.0777. The zero-order valence-electron chi connectivity index (χ0n) is 41.0. The van der Waals surface area contributed by atoms with Crippen molar-refractivity contribution in [3.8, 4) is 0 Å². The summed E-state index contributed by atoms with van der Waals surface area (Å²) in [6.07, 6.45) is 7.14. The van der Waals surface area contributed by atoms with Gasteiger partial charge >= 0.3 is 0 Å². The Morgan fingerprint density at radius 1 is 0.359 bits per heavy atom. The van der Waals surface area contributed by atoms with Crippen molar-refractivity contribution in [1.29, 1.82) is 0 Å². The second-order valence-corrected chi connectivity index (χ2v) is 25.0. The maximum Gasteiger partial charge on any atom is 0.0640 e. The average molecular weight is 863 g/mol. The molecule has 0 N–H and O–H groups in total. The molecule has 0 saturated heterocycles. The summed E-state index contributed by atoms with van der Waals surface area (Å²) in [7, 11) is 0. The monoisotopic (exact) mass is 863 g/mol.